The van der Waals surface area contributed by atoms with E-state index in [2.05, 4.69) is 18.8 Å². The summed E-state index contributed by atoms with van der Waals surface area (Å²) in [5.74, 6) is 1.27. The summed E-state index contributed by atoms with van der Waals surface area (Å²) in [6, 6.07) is 3.93. The SMILES string of the molecule is CCc1cccnc1C(=O)C1CCC(C)CC1. The van der Waals surface area contributed by atoms with Gasteiger partial charge in [0.05, 0.1) is 0 Å². The lowest BCUT2D eigenvalue weighted by molar-refractivity contribution is 0.0869. The van der Waals surface area contributed by atoms with Crippen molar-refractivity contribution < 1.29 is 4.79 Å². The van der Waals surface area contributed by atoms with Crippen LogP contribution in [0.5, 0.6) is 0 Å². The molecule has 1 aliphatic carbocycles. The third kappa shape index (κ3) is 2.74. The average molecular weight is 231 g/mol. The lowest BCUT2D eigenvalue weighted by Gasteiger charge is -2.25. The van der Waals surface area contributed by atoms with Crippen LogP contribution in [0.4, 0.5) is 0 Å². The van der Waals surface area contributed by atoms with Gasteiger partial charge in [-0.1, -0.05) is 32.8 Å². The summed E-state index contributed by atoms with van der Waals surface area (Å²) in [5, 5.41) is 0. The monoisotopic (exact) mass is 231 g/mol. The zero-order chi connectivity index (χ0) is 12.3. The normalized spacial score (nSPS) is 24.6. The van der Waals surface area contributed by atoms with Crippen LogP contribution in [-0.4, -0.2) is 10.8 Å². The maximum Gasteiger partial charge on any atom is 0.184 e. The molecule has 1 fully saturated rings. The highest BCUT2D eigenvalue weighted by molar-refractivity contribution is 5.97. The number of carbonyl (C=O) groups is 1. The van der Waals surface area contributed by atoms with Gasteiger partial charge in [0, 0.05) is 12.1 Å². The van der Waals surface area contributed by atoms with Crippen LogP contribution in [-0.2, 0) is 6.42 Å². The Morgan fingerprint density at radius 3 is 2.71 bits per heavy atom. The molecule has 0 aliphatic heterocycles. The second-order valence-corrected chi connectivity index (χ2v) is 5.19. The van der Waals surface area contributed by atoms with Crippen LogP contribution in [0.15, 0.2) is 18.3 Å². The molecular formula is C15H21NO. The molecule has 0 aromatic carbocycles. The Bertz CT molecular complexity index is 392. The number of aromatic nitrogens is 1. The summed E-state index contributed by atoms with van der Waals surface area (Å²) < 4.78 is 0. The number of carbonyl (C=O) groups excluding carboxylic acids is 1. The number of pyridine rings is 1. The van der Waals surface area contributed by atoms with Crippen molar-refractivity contribution in [3.8, 4) is 0 Å². The van der Waals surface area contributed by atoms with Crippen molar-refractivity contribution in [2.45, 2.75) is 46.0 Å². The molecule has 92 valence electrons. The number of hydrogen-bond acceptors (Lipinski definition) is 2. The lowest BCUT2D eigenvalue weighted by Crippen LogP contribution is -2.22. The molecule has 0 atom stereocenters. The first-order valence-corrected chi connectivity index (χ1v) is 6.70. The van der Waals surface area contributed by atoms with Crippen molar-refractivity contribution in [1.82, 2.24) is 4.98 Å². The Morgan fingerprint density at radius 2 is 2.06 bits per heavy atom. The number of rotatable bonds is 3. The fourth-order valence-corrected chi connectivity index (χ4v) is 2.66. The maximum absolute atomic E-state index is 12.4. The van der Waals surface area contributed by atoms with Crippen LogP contribution < -0.4 is 0 Å². The van der Waals surface area contributed by atoms with Gasteiger partial charge < -0.3 is 0 Å². The third-order valence-corrected chi connectivity index (χ3v) is 3.89. The molecule has 0 radical (unpaired) electrons. The standard InChI is InChI=1S/C15H21NO/c1-3-12-5-4-10-16-14(12)15(17)13-8-6-11(2)7-9-13/h4-5,10-11,13H,3,6-9H2,1-2H3. The molecule has 1 aliphatic rings. The highest BCUT2D eigenvalue weighted by Crippen LogP contribution is 2.30. The molecule has 0 spiro atoms. The van der Waals surface area contributed by atoms with E-state index < -0.39 is 0 Å². The van der Waals surface area contributed by atoms with Gasteiger partial charge in [0.25, 0.3) is 0 Å². The van der Waals surface area contributed by atoms with Crippen molar-refractivity contribution in [2.75, 3.05) is 0 Å². The summed E-state index contributed by atoms with van der Waals surface area (Å²) in [6.07, 6.45) is 7.07. The van der Waals surface area contributed by atoms with Gasteiger partial charge >= 0.3 is 0 Å². The Balaban J connectivity index is 2.14. The van der Waals surface area contributed by atoms with Gasteiger partial charge in [0.1, 0.15) is 5.69 Å². The van der Waals surface area contributed by atoms with Gasteiger partial charge in [0.15, 0.2) is 5.78 Å². The molecule has 0 bridgehead atoms. The summed E-state index contributed by atoms with van der Waals surface area (Å²) >= 11 is 0. The van der Waals surface area contributed by atoms with Gasteiger partial charge in [-0.3, -0.25) is 9.78 Å². The van der Waals surface area contributed by atoms with Crippen molar-refractivity contribution >= 4 is 5.78 Å². The number of ketones is 1. The highest BCUT2D eigenvalue weighted by Gasteiger charge is 2.26. The molecular weight excluding hydrogens is 210 g/mol. The molecule has 0 amide bonds. The quantitative estimate of drug-likeness (QED) is 0.743. The number of hydrogen-bond donors (Lipinski definition) is 0. The van der Waals surface area contributed by atoms with E-state index in [1.165, 1.54) is 12.8 Å². The van der Waals surface area contributed by atoms with Crippen LogP contribution in [0.1, 0.15) is 55.6 Å². The lowest BCUT2D eigenvalue weighted by atomic mass is 9.79. The fourth-order valence-electron chi connectivity index (χ4n) is 2.66. The summed E-state index contributed by atoms with van der Waals surface area (Å²) in [6.45, 7) is 4.36. The van der Waals surface area contributed by atoms with Crippen molar-refractivity contribution in [2.24, 2.45) is 11.8 Å². The Morgan fingerprint density at radius 1 is 1.35 bits per heavy atom. The first kappa shape index (κ1) is 12.3. The van der Waals surface area contributed by atoms with E-state index in [0.717, 1.165) is 36.4 Å². The number of Topliss-reactive ketones (excluding diaryl/α,β-unsaturated/α-hetero) is 1. The van der Waals surface area contributed by atoms with Crippen LogP contribution in [0.2, 0.25) is 0 Å². The second-order valence-electron chi connectivity index (χ2n) is 5.19. The van der Waals surface area contributed by atoms with Crippen LogP contribution in [0, 0.1) is 11.8 Å². The Labute approximate surface area is 103 Å². The maximum atomic E-state index is 12.4. The zero-order valence-electron chi connectivity index (χ0n) is 10.8. The summed E-state index contributed by atoms with van der Waals surface area (Å²) in [7, 11) is 0. The average Bonchev–Trinajstić information content (AvgIpc) is 2.39. The van der Waals surface area contributed by atoms with E-state index in [1.807, 2.05) is 12.1 Å². The van der Waals surface area contributed by atoms with Gasteiger partial charge in [-0.15, -0.1) is 0 Å². The minimum Gasteiger partial charge on any atom is -0.292 e. The molecule has 0 saturated heterocycles. The van der Waals surface area contributed by atoms with Crippen molar-refractivity contribution in [3.63, 3.8) is 0 Å². The highest BCUT2D eigenvalue weighted by atomic mass is 16.1. The molecule has 2 rings (SSSR count). The number of nitrogens with zero attached hydrogens (tertiary/aromatic N) is 1. The molecule has 0 unspecified atom stereocenters. The van der Waals surface area contributed by atoms with Gasteiger partial charge in [-0.25, -0.2) is 0 Å². The minimum absolute atomic E-state index is 0.214. The molecule has 1 heterocycles. The fraction of sp³-hybridized carbons (Fsp3) is 0.600. The van der Waals surface area contributed by atoms with Crippen molar-refractivity contribution in [3.05, 3.63) is 29.6 Å². The van der Waals surface area contributed by atoms with Crippen LogP contribution in [0.3, 0.4) is 0 Å². The predicted octanol–water partition coefficient (Wildman–Crippen LogP) is 3.65. The molecule has 0 N–H and O–H groups in total. The first-order valence-electron chi connectivity index (χ1n) is 6.70. The molecule has 1 aromatic heterocycles. The summed E-state index contributed by atoms with van der Waals surface area (Å²) in [4.78, 5) is 16.7. The Hall–Kier alpha value is -1.18. The van der Waals surface area contributed by atoms with E-state index in [-0.39, 0.29) is 11.7 Å². The molecule has 1 aromatic rings. The molecule has 1 saturated carbocycles. The largest absolute Gasteiger partial charge is 0.292 e. The molecule has 2 heteroatoms. The van der Waals surface area contributed by atoms with E-state index in [1.54, 1.807) is 6.20 Å². The van der Waals surface area contributed by atoms with E-state index >= 15 is 0 Å². The third-order valence-electron chi connectivity index (χ3n) is 3.89. The van der Waals surface area contributed by atoms with E-state index in [4.69, 9.17) is 0 Å². The van der Waals surface area contributed by atoms with E-state index in [9.17, 15) is 4.79 Å². The van der Waals surface area contributed by atoms with Gasteiger partial charge in [0.2, 0.25) is 0 Å². The van der Waals surface area contributed by atoms with Gasteiger partial charge in [-0.2, -0.15) is 0 Å². The smallest absolute Gasteiger partial charge is 0.184 e. The number of aryl methyl sites for hydroxylation is 1. The first-order chi connectivity index (χ1) is 8.22. The van der Waals surface area contributed by atoms with Crippen molar-refractivity contribution in [1.29, 1.82) is 0 Å². The van der Waals surface area contributed by atoms with E-state index in [0.29, 0.717) is 0 Å². The van der Waals surface area contributed by atoms with Crippen LogP contribution >= 0.6 is 0 Å². The zero-order valence-corrected chi connectivity index (χ0v) is 10.8. The molecule has 2 nitrogen and oxygen atoms in total. The molecule has 17 heavy (non-hydrogen) atoms. The van der Waals surface area contributed by atoms with Crippen LogP contribution in [0.25, 0.3) is 0 Å². The predicted molar refractivity (Wildman–Crippen MR) is 69.1 cm³/mol. The minimum atomic E-state index is 0.214. The Kier molecular flexibility index (Phi) is 3.93. The topological polar surface area (TPSA) is 30.0 Å². The summed E-state index contributed by atoms with van der Waals surface area (Å²) in [5.41, 5.74) is 1.81. The second kappa shape index (κ2) is 5.44. The van der Waals surface area contributed by atoms with Gasteiger partial charge in [-0.05, 0) is 36.8 Å².